The highest BCUT2D eigenvalue weighted by Gasteiger charge is 2.22. The minimum absolute atomic E-state index is 0.184. The SMILES string of the molecule is Cc1ccc(F)cc1C(=O)c1cccc2c1OCC2. The smallest absolute Gasteiger partial charge is 0.197 e. The van der Waals surface area contributed by atoms with Crippen LogP contribution < -0.4 is 4.74 Å². The molecule has 0 saturated heterocycles. The van der Waals surface area contributed by atoms with Gasteiger partial charge in [-0.3, -0.25) is 4.79 Å². The van der Waals surface area contributed by atoms with E-state index in [9.17, 15) is 9.18 Å². The van der Waals surface area contributed by atoms with E-state index in [1.54, 1.807) is 19.1 Å². The third-order valence-electron chi connectivity index (χ3n) is 3.40. The quantitative estimate of drug-likeness (QED) is 0.771. The van der Waals surface area contributed by atoms with Crippen LogP contribution in [-0.4, -0.2) is 12.4 Å². The van der Waals surface area contributed by atoms with Crippen LogP contribution in [0.15, 0.2) is 36.4 Å². The molecule has 0 saturated carbocycles. The van der Waals surface area contributed by atoms with E-state index in [0.717, 1.165) is 17.5 Å². The molecule has 96 valence electrons. The molecular weight excluding hydrogens is 243 g/mol. The summed E-state index contributed by atoms with van der Waals surface area (Å²) in [5.74, 6) is 0.0642. The molecular formula is C16H13FO2. The van der Waals surface area contributed by atoms with Crippen LogP contribution in [0, 0.1) is 12.7 Å². The lowest BCUT2D eigenvalue weighted by atomic mass is 9.97. The molecule has 0 radical (unpaired) electrons. The van der Waals surface area contributed by atoms with E-state index < -0.39 is 5.82 Å². The minimum atomic E-state index is -0.401. The summed E-state index contributed by atoms with van der Waals surface area (Å²) in [6.07, 6.45) is 0.818. The summed E-state index contributed by atoms with van der Waals surface area (Å²) in [5.41, 5.74) is 2.72. The zero-order valence-corrected chi connectivity index (χ0v) is 10.6. The molecule has 2 aromatic rings. The van der Waals surface area contributed by atoms with Gasteiger partial charge in [-0.25, -0.2) is 4.39 Å². The van der Waals surface area contributed by atoms with Gasteiger partial charge in [-0.05, 0) is 36.2 Å². The molecule has 2 nitrogen and oxygen atoms in total. The molecule has 0 amide bonds. The van der Waals surface area contributed by atoms with Gasteiger partial charge in [0.15, 0.2) is 5.78 Å². The molecule has 0 aromatic heterocycles. The number of benzene rings is 2. The van der Waals surface area contributed by atoms with Crippen LogP contribution in [-0.2, 0) is 6.42 Å². The highest BCUT2D eigenvalue weighted by Crippen LogP contribution is 2.31. The second-order valence-corrected chi connectivity index (χ2v) is 4.68. The Labute approximate surface area is 110 Å². The van der Waals surface area contributed by atoms with Crippen molar-refractivity contribution in [2.45, 2.75) is 13.3 Å². The Hall–Kier alpha value is -2.16. The van der Waals surface area contributed by atoms with E-state index in [1.807, 2.05) is 12.1 Å². The third-order valence-corrected chi connectivity index (χ3v) is 3.40. The van der Waals surface area contributed by atoms with Gasteiger partial charge in [0.05, 0.1) is 12.2 Å². The maximum absolute atomic E-state index is 13.3. The number of ether oxygens (including phenoxy) is 1. The van der Waals surface area contributed by atoms with Gasteiger partial charge in [0.25, 0.3) is 0 Å². The molecule has 1 heterocycles. The first-order valence-electron chi connectivity index (χ1n) is 6.22. The first-order chi connectivity index (χ1) is 9.16. The molecule has 1 aliphatic rings. The van der Waals surface area contributed by atoms with Crippen molar-refractivity contribution < 1.29 is 13.9 Å². The first-order valence-corrected chi connectivity index (χ1v) is 6.22. The monoisotopic (exact) mass is 256 g/mol. The van der Waals surface area contributed by atoms with Crippen LogP contribution >= 0.6 is 0 Å². The van der Waals surface area contributed by atoms with Gasteiger partial charge < -0.3 is 4.74 Å². The average Bonchev–Trinajstić information content (AvgIpc) is 2.89. The first kappa shape index (κ1) is 11.9. The van der Waals surface area contributed by atoms with Crippen molar-refractivity contribution in [2.75, 3.05) is 6.61 Å². The molecule has 2 aromatic carbocycles. The van der Waals surface area contributed by atoms with E-state index in [0.29, 0.717) is 23.5 Å². The molecule has 19 heavy (non-hydrogen) atoms. The van der Waals surface area contributed by atoms with Crippen LogP contribution in [0.25, 0.3) is 0 Å². The Morgan fingerprint density at radius 3 is 2.89 bits per heavy atom. The summed E-state index contributed by atoms with van der Waals surface area (Å²) >= 11 is 0. The summed E-state index contributed by atoms with van der Waals surface area (Å²) in [7, 11) is 0. The molecule has 3 heteroatoms. The van der Waals surface area contributed by atoms with Crippen molar-refractivity contribution in [2.24, 2.45) is 0 Å². The Balaban J connectivity index is 2.10. The number of para-hydroxylation sites is 1. The highest BCUT2D eigenvalue weighted by atomic mass is 19.1. The number of aryl methyl sites for hydroxylation is 1. The number of hydrogen-bond acceptors (Lipinski definition) is 2. The third kappa shape index (κ3) is 2.01. The molecule has 0 fully saturated rings. The largest absolute Gasteiger partial charge is 0.492 e. The molecule has 0 N–H and O–H groups in total. The average molecular weight is 256 g/mol. The summed E-state index contributed by atoms with van der Waals surface area (Å²) in [6.45, 7) is 2.40. The molecule has 0 atom stereocenters. The number of carbonyl (C=O) groups excluding carboxylic acids is 1. The summed E-state index contributed by atoms with van der Waals surface area (Å²) in [5, 5.41) is 0. The van der Waals surface area contributed by atoms with Crippen molar-refractivity contribution in [3.05, 3.63) is 64.5 Å². The zero-order valence-electron chi connectivity index (χ0n) is 10.6. The summed E-state index contributed by atoms with van der Waals surface area (Å²) < 4.78 is 18.8. The maximum atomic E-state index is 13.3. The van der Waals surface area contributed by atoms with Crippen molar-refractivity contribution in [3.8, 4) is 5.75 Å². The Morgan fingerprint density at radius 2 is 2.05 bits per heavy atom. The van der Waals surface area contributed by atoms with E-state index in [-0.39, 0.29) is 5.78 Å². The lowest BCUT2D eigenvalue weighted by Crippen LogP contribution is -2.06. The Kier molecular flexibility index (Phi) is 2.82. The highest BCUT2D eigenvalue weighted by molar-refractivity contribution is 6.11. The number of carbonyl (C=O) groups is 1. The Morgan fingerprint density at radius 1 is 1.21 bits per heavy atom. The van der Waals surface area contributed by atoms with Gasteiger partial charge in [0.1, 0.15) is 11.6 Å². The predicted molar refractivity (Wildman–Crippen MR) is 70.2 cm³/mol. The number of fused-ring (bicyclic) bond motifs is 1. The number of halogens is 1. The van der Waals surface area contributed by atoms with Crippen molar-refractivity contribution in [3.63, 3.8) is 0 Å². The van der Waals surface area contributed by atoms with Crippen molar-refractivity contribution in [1.82, 2.24) is 0 Å². The molecule has 0 aliphatic carbocycles. The topological polar surface area (TPSA) is 26.3 Å². The number of ketones is 1. The molecule has 3 rings (SSSR count). The van der Waals surface area contributed by atoms with Crippen LogP contribution in [0.5, 0.6) is 5.75 Å². The van der Waals surface area contributed by atoms with Gasteiger partial charge in [-0.1, -0.05) is 18.2 Å². The fourth-order valence-electron chi connectivity index (χ4n) is 2.38. The van der Waals surface area contributed by atoms with Gasteiger partial charge in [-0.2, -0.15) is 0 Å². The van der Waals surface area contributed by atoms with Crippen LogP contribution in [0.2, 0.25) is 0 Å². The minimum Gasteiger partial charge on any atom is -0.492 e. The predicted octanol–water partition coefficient (Wildman–Crippen LogP) is 3.30. The van der Waals surface area contributed by atoms with E-state index in [4.69, 9.17) is 4.74 Å². The normalized spacial score (nSPS) is 12.9. The molecule has 0 unspecified atom stereocenters. The zero-order chi connectivity index (χ0) is 13.4. The lowest BCUT2D eigenvalue weighted by Gasteiger charge is -2.09. The van der Waals surface area contributed by atoms with Gasteiger partial charge in [0, 0.05) is 12.0 Å². The van der Waals surface area contributed by atoms with Crippen LogP contribution in [0.1, 0.15) is 27.0 Å². The molecule has 1 aliphatic heterocycles. The number of rotatable bonds is 2. The maximum Gasteiger partial charge on any atom is 0.197 e. The van der Waals surface area contributed by atoms with Crippen LogP contribution in [0.3, 0.4) is 0 Å². The van der Waals surface area contributed by atoms with E-state index in [2.05, 4.69) is 0 Å². The van der Waals surface area contributed by atoms with Gasteiger partial charge in [-0.15, -0.1) is 0 Å². The fraction of sp³-hybridized carbons (Fsp3) is 0.188. The van der Waals surface area contributed by atoms with Crippen molar-refractivity contribution >= 4 is 5.78 Å². The summed E-state index contributed by atoms with van der Waals surface area (Å²) in [6, 6.07) is 9.79. The summed E-state index contributed by atoms with van der Waals surface area (Å²) in [4.78, 5) is 12.5. The Bertz CT molecular complexity index is 662. The van der Waals surface area contributed by atoms with E-state index >= 15 is 0 Å². The second-order valence-electron chi connectivity index (χ2n) is 4.68. The van der Waals surface area contributed by atoms with Crippen molar-refractivity contribution in [1.29, 1.82) is 0 Å². The van der Waals surface area contributed by atoms with Gasteiger partial charge >= 0.3 is 0 Å². The van der Waals surface area contributed by atoms with Crippen LogP contribution in [0.4, 0.5) is 4.39 Å². The fourth-order valence-corrected chi connectivity index (χ4v) is 2.38. The number of hydrogen-bond donors (Lipinski definition) is 0. The second kappa shape index (κ2) is 4.50. The molecule has 0 bridgehead atoms. The van der Waals surface area contributed by atoms with E-state index in [1.165, 1.54) is 12.1 Å². The lowest BCUT2D eigenvalue weighted by molar-refractivity contribution is 0.103. The molecule has 0 spiro atoms. The standard InChI is InChI=1S/C16H13FO2/c1-10-5-6-12(17)9-14(10)15(18)13-4-2-3-11-7-8-19-16(11)13/h2-6,9H,7-8H2,1H3. The van der Waals surface area contributed by atoms with Gasteiger partial charge in [0.2, 0.25) is 0 Å².